The molecule has 0 radical (unpaired) electrons. The second-order valence-corrected chi connectivity index (χ2v) is 8.69. The molecule has 3 aliphatic rings. The molecule has 1 unspecified atom stereocenters. The zero-order valence-corrected chi connectivity index (χ0v) is 15.9. The molecule has 0 aromatic heterocycles. The van der Waals surface area contributed by atoms with Crippen LogP contribution in [0.15, 0.2) is 48.5 Å². The maximum Gasteiger partial charge on any atom is 0.0369 e. The van der Waals surface area contributed by atoms with Crippen LogP contribution in [0.5, 0.6) is 0 Å². The molecule has 136 valence electrons. The predicted octanol–water partition coefficient (Wildman–Crippen LogP) is 4.49. The van der Waals surface area contributed by atoms with Gasteiger partial charge in [0, 0.05) is 30.7 Å². The first-order valence-corrected chi connectivity index (χ1v) is 10.4. The molecule has 0 N–H and O–H groups in total. The molecule has 0 amide bonds. The van der Waals surface area contributed by atoms with Crippen LogP contribution in [-0.2, 0) is 12.8 Å². The van der Waals surface area contributed by atoms with Crippen molar-refractivity contribution in [1.82, 2.24) is 4.90 Å². The zero-order valence-electron chi connectivity index (χ0n) is 15.9. The van der Waals surface area contributed by atoms with E-state index in [1.165, 1.54) is 63.1 Å². The van der Waals surface area contributed by atoms with Gasteiger partial charge >= 0.3 is 0 Å². The number of aryl methyl sites for hydroxylation is 1. The molecule has 0 spiro atoms. The molecule has 2 aromatic rings. The van der Waals surface area contributed by atoms with Crippen molar-refractivity contribution in [3.05, 3.63) is 65.2 Å². The molecule has 5 rings (SSSR count). The van der Waals surface area contributed by atoms with Crippen LogP contribution in [0.25, 0.3) is 0 Å². The fourth-order valence-corrected chi connectivity index (χ4v) is 5.20. The van der Waals surface area contributed by atoms with Gasteiger partial charge in [-0.2, -0.15) is 0 Å². The molecule has 2 saturated heterocycles. The van der Waals surface area contributed by atoms with Crippen LogP contribution in [0.1, 0.15) is 42.4 Å². The van der Waals surface area contributed by atoms with Crippen LogP contribution < -0.4 is 4.90 Å². The summed E-state index contributed by atoms with van der Waals surface area (Å²) in [5.41, 5.74) is 6.16. The molecule has 2 heterocycles. The number of benzene rings is 2. The van der Waals surface area contributed by atoms with Gasteiger partial charge in [-0.25, -0.2) is 0 Å². The lowest BCUT2D eigenvalue weighted by molar-refractivity contribution is 0.0877. The minimum absolute atomic E-state index is 0.639. The van der Waals surface area contributed by atoms with Crippen molar-refractivity contribution >= 4 is 5.69 Å². The Kier molecular flexibility index (Phi) is 4.24. The Morgan fingerprint density at radius 3 is 2.50 bits per heavy atom. The van der Waals surface area contributed by atoms with Gasteiger partial charge in [0.15, 0.2) is 0 Å². The van der Waals surface area contributed by atoms with Crippen LogP contribution in [0.4, 0.5) is 5.69 Å². The van der Waals surface area contributed by atoms with Crippen LogP contribution in [-0.4, -0.2) is 37.1 Å². The third kappa shape index (κ3) is 2.95. The van der Waals surface area contributed by atoms with E-state index < -0.39 is 0 Å². The van der Waals surface area contributed by atoms with Gasteiger partial charge < -0.3 is 4.90 Å². The van der Waals surface area contributed by atoms with Crippen LogP contribution >= 0.6 is 0 Å². The minimum Gasteiger partial charge on any atom is -0.371 e. The Morgan fingerprint density at radius 2 is 1.81 bits per heavy atom. The first kappa shape index (κ1) is 16.4. The van der Waals surface area contributed by atoms with Crippen LogP contribution in [0, 0.1) is 5.92 Å². The summed E-state index contributed by atoms with van der Waals surface area (Å²) >= 11 is 0. The van der Waals surface area contributed by atoms with Crippen LogP contribution in [0.3, 0.4) is 0 Å². The third-order valence-corrected chi connectivity index (χ3v) is 6.79. The van der Waals surface area contributed by atoms with E-state index in [2.05, 4.69) is 65.3 Å². The SMILES string of the molecule is CC1CN(c2ccc3c(c2)[C@@H](Cc2ccccc2)C(N2CCC2)CC3)C1. The molecule has 2 aromatic carbocycles. The topological polar surface area (TPSA) is 6.48 Å². The molecular formula is C24H30N2. The highest BCUT2D eigenvalue weighted by molar-refractivity contribution is 5.55. The lowest BCUT2D eigenvalue weighted by Crippen LogP contribution is -2.50. The van der Waals surface area contributed by atoms with Gasteiger partial charge in [0.05, 0.1) is 0 Å². The summed E-state index contributed by atoms with van der Waals surface area (Å²) in [6.07, 6.45) is 5.13. The molecule has 2 heteroatoms. The summed E-state index contributed by atoms with van der Waals surface area (Å²) in [5, 5.41) is 0. The Labute approximate surface area is 157 Å². The Balaban J connectivity index is 1.48. The monoisotopic (exact) mass is 346 g/mol. The minimum atomic E-state index is 0.639. The predicted molar refractivity (Wildman–Crippen MR) is 109 cm³/mol. The van der Waals surface area contributed by atoms with E-state index in [1.54, 1.807) is 11.1 Å². The Bertz CT molecular complexity index is 759. The van der Waals surface area contributed by atoms with Gasteiger partial charge in [0.2, 0.25) is 0 Å². The first-order chi connectivity index (χ1) is 12.8. The van der Waals surface area contributed by atoms with Gasteiger partial charge in [-0.15, -0.1) is 0 Å². The second-order valence-electron chi connectivity index (χ2n) is 8.69. The van der Waals surface area contributed by atoms with Crippen molar-refractivity contribution in [2.24, 2.45) is 5.92 Å². The summed E-state index contributed by atoms with van der Waals surface area (Å²) in [4.78, 5) is 5.30. The molecular weight excluding hydrogens is 316 g/mol. The summed E-state index contributed by atoms with van der Waals surface area (Å²) in [5.74, 6) is 1.49. The molecule has 2 aliphatic heterocycles. The molecule has 26 heavy (non-hydrogen) atoms. The molecule has 0 bridgehead atoms. The summed E-state index contributed by atoms with van der Waals surface area (Å²) < 4.78 is 0. The number of fused-ring (bicyclic) bond motifs is 1. The summed E-state index contributed by atoms with van der Waals surface area (Å²) in [6.45, 7) is 7.39. The highest BCUT2D eigenvalue weighted by atomic mass is 15.2. The fraction of sp³-hybridized carbons (Fsp3) is 0.500. The fourth-order valence-electron chi connectivity index (χ4n) is 5.20. The first-order valence-electron chi connectivity index (χ1n) is 10.4. The summed E-state index contributed by atoms with van der Waals surface area (Å²) in [6, 6.07) is 19.2. The molecule has 0 saturated carbocycles. The number of anilines is 1. The highest BCUT2D eigenvalue weighted by Gasteiger charge is 2.36. The quantitative estimate of drug-likeness (QED) is 0.805. The van der Waals surface area contributed by atoms with Crippen molar-refractivity contribution in [2.45, 2.75) is 44.6 Å². The average molecular weight is 347 g/mol. The van der Waals surface area contributed by atoms with E-state index in [0.717, 1.165) is 12.0 Å². The number of rotatable bonds is 4. The van der Waals surface area contributed by atoms with Gasteiger partial charge in [-0.1, -0.05) is 43.3 Å². The second kappa shape index (κ2) is 6.74. The van der Waals surface area contributed by atoms with Crippen molar-refractivity contribution in [3.8, 4) is 0 Å². The smallest absolute Gasteiger partial charge is 0.0369 e. The van der Waals surface area contributed by atoms with Crippen molar-refractivity contribution in [2.75, 3.05) is 31.1 Å². The molecule has 2 atom stereocenters. The van der Waals surface area contributed by atoms with Crippen molar-refractivity contribution < 1.29 is 0 Å². The number of likely N-dealkylation sites (tertiary alicyclic amines) is 1. The maximum absolute atomic E-state index is 2.74. The molecule has 2 fully saturated rings. The number of hydrogen-bond donors (Lipinski definition) is 0. The average Bonchev–Trinajstić information content (AvgIpc) is 2.60. The molecule has 2 nitrogen and oxygen atoms in total. The van der Waals surface area contributed by atoms with E-state index in [9.17, 15) is 0 Å². The lowest BCUT2D eigenvalue weighted by Gasteiger charge is -2.46. The van der Waals surface area contributed by atoms with Gasteiger partial charge in [-0.3, -0.25) is 4.90 Å². The molecule has 1 aliphatic carbocycles. The third-order valence-electron chi connectivity index (χ3n) is 6.79. The van der Waals surface area contributed by atoms with Crippen molar-refractivity contribution in [3.63, 3.8) is 0 Å². The van der Waals surface area contributed by atoms with Gasteiger partial charge in [0.1, 0.15) is 0 Å². The number of nitrogens with zero attached hydrogens (tertiary/aromatic N) is 2. The van der Waals surface area contributed by atoms with Gasteiger partial charge in [-0.05, 0) is 73.5 Å². The van der Waals surface area contributed by atoms with E-state index in [-0.39, 0.29) is 0 Å². The normalized spacial score (nSPS) is 26.1. The summed E-state index contributed by atoms with van der Waals surface area (Å²) in [7, 11) is 0. The van der Waals surface area contributed by atoms with E-state index in [0.29, 0.717) is 5.92 Å². The maximum atomic E-state index is 2.74. The van der Waals surface area contributed by atoms with E-state index >= 15 is 0 Å². The Morgan fingerprint density at radius 1 is 1.00 bits per heavy atom. The van der Waals surface area contributed by atoms with Crippen LogP contribution in [0.2, 0.25) is 0 Å². The van der Waals surface area contributed by atoms with E-state index in [4.69, 9.17) is 0 Å². The standard InChI is InChI=1S/C24H30N2/c1-18-16-26(17-18)21-10-8-20-9-11-24(25-12-5-13-25)23(22(20)15-21)14-19-6-3-2-4-7-19/h2-4,6-8,10,15,18,23-24H,5,9,11-14,16-17H2,1H3/t23-,24?/m1/s1. The largest absolute Gasteiger partial charge is 0.371 e. The highest BCUT2D eigenvalue weighted by Crippen LogP contribution is 2.41. The van der Waals surface area contributed by atoms with E-state index in [1.807, 2.05) is 0 Å². The Hall–Kier alpha value is -1.80. The lowest BCUT2D eigenvalue weighted by atomic mass is 9.74. The zero-order chi connectivity index (χ0) is 17.5. The number of hydrogen-bond acceptors (Lipinski definition) is 2. The van der Waals surface area contributed by atoms with Gasteiger partial charge in [0.25, 0.3) is 0 Å². The van der Waals surface area contributed by atoms with Crippen molar-refractivity contribution in [1.29, 1.82) is 0 Å².